The number of halogens is 1. The van der Waals surface area contributed by atoms with E-state index >= 15 is 0 Å². The first-order chi connectivity index (χ1) is 17.6. The number of fused-ring (bicyclic) bond motifs is 5. The van der Waals surface area contributed by atoms with Crippen molar-refractivity contribution in [2.24, 2.45) is 52.3 Å². The van der Waals surface area contributed by atoms with Gasteiger partial charge in [-0.1, -0.05) is 32.4 Å². The van der Waals surface area contributed by atoms with Crippen molar-refractivity contribution in [1.82, 2.24) is 5.32 Å². The minimum Gasteiger partial charge on any atom is -0.348 e. The van der Waals surface area contributed by atoms with Gasteiger partial charge in [0, 0.05) is 36.5 Å². The Hall–Kier alpha value is -1.20. The highest BCUT2D eigenvalue weighted by molar-refractivity contribution is 7.16. The molecule has 202 valence electrons. The summed E-state index contributed by atoms with van der Waals surface area (Å²) in [7, 11) is 0. The number of hydrogen-bond acceptors (Lipinski definition) is 4. The summed E-state index contributed by atoms with van der Waals surface area (Å²) < 4.78 is 0.779. The van der Waals surface area contributed by atoms with E-state index in [4.69, 9.17) is 11.6 Å². The molecule has 1 amide bonds. The van der Waals surface area contributed by atoms with Crippen LogP contribution in [-0.2, 0) is 14.4 Å². The van der Waals surface area contributed by atoms with Gasteiger partial charge < -0.3 is 5.32 Å². The Bertz CT molecular complexity index is 1100. The Morgan fingerprint density at radius 2 is 1.81 bits per heavy atom. The molecule has 5 aliphatic rings. The normalized spacial score (nSPS) is 40.9. The Kier molecular flexibility index (Phi) is 6.66. The lowest BCUT2D eigenvalue weighted by atomic mass is 9.44. The summed E-state index contributed by atoms with van der Waals surface area (Å²) >= 11 is 7.78. The Labute approximate surface area is 230 Å². The molecule has 1 aromatic rings. The van der Waals surface area contributed by atoms with Gasteiger partial charge in [0.05, 0.1) is 10.4 Å². The van der Waals surface area contributed by atoms with Crippen molar-refractivity contribution in [2.75, 3.05) is 0 Å². The van der Waals surface area contributed by atoms with Crippen LogP contribution in [0.5, 0.6) is 0 Å². The summed E-state index contributed by atoms with van der Waals surface area (Å²) in [5.74, 6) is 3.53. The van der Waals surface area contributed by atoms with Gasteiger partial charge in [0.2, 0.25) is 5.91 Å². The van der Waals surface area contributed by atoms with Crippen molar-refractivity contribution < 1.29 is 14.4 Å². The van der Waals surface area contributed by atoms with E-state index < -0.39 is 0 Å². The molecule has 4 nitrogen and oxygen atoms in total. The van der Waals surface area contributed by atoms with Gasteiger partial charge in [-0.25, -0.2) is 0 Å². The van der Waals surface area contributed by atoms with E-state index in [0.29, 0.717) is 66.8 Å². The number of thiophene rings is 1. The smallest absolute Gasteiger partial charge is 0.220 e. The van der Waals surface area contributed by atoms with Crippen LogP contribution in [0.3, 0.4) is 0 Å². The summed E-state index contributed by atoms with van der Waals surface area (Å²) in [5, 5.41) is 3.37. The van der Waals surface area contributed by atoms with Crippen LogP contribution < -0.4 is 5.32 Å². The lowest BCUT2D eigenvalue weighted by Gasteiger charge is -2.59. The first-order valence-electron chi connectivity index (χ1n) is 14.7. The van der Waals surface area contributed by atoms with E-state index in [-0.39, 0.29) is 34.6 Å². The average molecular weight is 544 g/mol. The summed E-state index contributed by atoms with van der Waals surface area (Å²) in [6.45, 7) is 7.10. The second kappa shape index (κ2) is 9.47. The van der Waals surface area contributed by atoms with Crippen LogP contribution in [0.4, 0.5) is 0 Å². The molecule has 5 fully saturated rings. The summed E-state index contributed by atoms with van der Waals surface area (Å²) in [4.78, 5) is 40.3. The van der Waals surface area contributed by atoms with Gasteiger partial charge >= 0.3 is 0 Å². The molecular formula is C31H42ClNO3S. The van der Waals surface area contributed by atoms with Crippen molar-refractivity contribution in [3.8, 4) is 0 Å². The third-order valence-electron chi connectivity index (χ3n) is 11.9. The fourth-order valence-corrected chi connectivity index (χ4v) is 10.9. The molecule has 6 rings (SSSR count). The predicted molar refractivity (Wildman–Crippen MR) is 147 cm³/mol. The van der Waals surface area contributed by atoms with Crippen LogP contribution in [0.25, 0.3) is 0 Å². The molecule has 5 aliphatic carbocycles. The lowest BCUT2D eigenvalue weighted by molar-refractivity contribution is -0.159. The molecule has 5 saturated carbocycles. The second-order valence-electron chi connectivity index (χ2n) is 13.8. The number of carbonyl (C=O) groups excluding carboxylic acids is 3. The van der Waals surface area contributed by atoms with Crippen LogP contribution in [0.2, 0.25) is 4.34 Å². The Morgan fingerprint density at radius 1 is 1.05 bits per heavy atom. The topological polar surface area (TPSA) is 63.2 Å². The second-order valence-corrected chi connectivity index (χ2v) is 15.5. The minimum atomic E-state index is 0.0930. The molecule has 0 spiro atoms. The van der Waals surface area contributed by atoms with E-state index in [1.54, 1.807) is 11.3 Å². The van der Waals surface area contributed by atoms with Crippen molar-refractivity contribution in [3.63, 3.8) is 0 Å². The number of nitrogens with one attached hydrogen (secondary N) is 1. The Balaban J connectivity index is 1.15. The maximum absolute atomic E-state index is 13.6. The molecule has 0 aliphatic heterocycles. The van der Waals surface area contributed by atoms with Crippen molar-refractivity contribution in [1.29, 1.82) is 0 Å². The minimum absolute atomic E-state index is 0.0930. The monoisotopic (exact) mass is 543 g/mol. The third-order valence-corrected chi connectivity index (χ3v) is 13.2. The summed E-state index contributed by atoms with van der Waals surface area (Å²) in [6.07, 6.45) is 10.3. The Morgan fingerprint density at radius 3 is 2.51 bits per heavy atom. The number of Topliss-reactive ketones (excluding diaryl/α,β-unsaturated/α-hetero) is 2. The maximum atomic E-state index is 13.6. The molecule has 1 unspecified atom stereocenters. The van der Waals surface area contributed by atoms with E-state index in [0.717, 1.165) is 36.4 Å². The highest BCUT2D eigenvalue weighted by atomic mass is 35.5. The lowest BCUT2D eigenvalue weighted by Crippen LogP contribution is -2.57. The molecule has 1 heterocycles. The standard InChI is InChI=1S/C31H42ClNO3S/c1-17(14-27(36)33-29(18-4-5-18)25-8-9-26(32)37-25)21-6-7-22-28-23(11-13-31(21,22)3)30(2)12-10-20(34)15-19(30)16-24(28)35/h8-9,17-19,21-23,28-29H,4-7,10-16H2,1-3H3,(H,33,36)/t17-,19+,21-,22+,23+,28+,29?,30+,31-/m1/s1. The number of rotatable bonds is 6. The van der Waals surface area contributed by atoms with Crippen LogP contribution in [0.15, 0.2) is 12.1 Å². The van der Waals surface area contributed by atoms with Crippen LogP contribution in [-0.4, -0.2) is 17.5 Å². The molecule has 1 aromatic heterocycles. The summed E-state index contributed by atoms with van der Waals surface area (Å²) in [5.41, 5.74) is 0.265. The zero-order valence-electron chi connectivity index (χ0n) is 22.6. The maximum Gasteiger partial charge on any atom is 0.220 e. The molecule has 37 heavy (non-hydrogen) atoms. The fourth-order valence-electron chi connectivity index (χ4n) is 9.71. The van der Waals surface area contributed by atoms with Crippen LogP contribution in [0.1, 0.15) is 102 Å². The van der Waals surface area contributed by atoms with Gasteiger partial charge in [-0.3, -0.25) is 14.4 Å². The molecule has 0 bridgehead atoms. The van der Waals surface area contributed by atoms with E-state index in [9.17, 15) is 14.4 Å². The van der Waals surface area contributed by atoms with E-state index in [2.05, 4.69) is 32.2 Å². The van der Waals surface area contributed by atoms with Crippen molar-refractivity contribution in [2.45, 2.75) is 97.4 Å². The predicted octanol–water partition coefficient (Wildman–Crippen LogP) is 7.40. The average Bonchev–Trinajstić information content (AvgIpc) is 3.49. The first kappa shape index (κ1) is 26.0. The molecule has 1 N–H and O–H groups in total. The van der Waals surface area contributed by atoms with Crippen molar-refractivity contribution in [3.05, 3.63) is 21.3 Å². The van der Waals surface area contributed by atoms with Gasteiger partial charge in [0.25, 0.3) is 0 Å². The number of amides is 1. The number of hydrogen-bond donors (Lipinski definition) is 1. The zero-order chi connectivity index (χ0) is 26.1. The van der Waals surface area contributed by atoms with Gasteiger partial charge in [-0.05, 0) is 103 Å². The fraction of sp³-hybridized carbons (Fsp3) is 0.774. The molecule has 6 heteroatoms. The molecule has 0 radical (unpaired) electrons. The summed E-state index contributed by atoms with van der Waals surface area (Å²) in [6, 6.07) is 4.09. The van der Waals surface area contributed by atoms with Crippen LogP contribution >= 0.6 is 22.9 Å². The van der Waals surface area contributed by atoms with Gasteiger partial charge in [-0.2, -0.15) is 0 Å². The number of ketones is 2. The SMILES string of the molecule is C[C@H](CC(=O)NC(c1ccc(Cl)s1)C1CC1)[C@H]1CC[C@H]2[C@@H]3C(=O)C[C@@H]4CC(=O)CC[C@]4(C)[C@H]3CC[C@]12C. The quantitative estimate of drug-likeness (QED) is 0.406. The first-order valence-corrected chi connectivity index (χ1v) is 15.9. The van der Waals surface area contributed by atoms with Gasteiger partial charge in [0.1, 0.15) is 11.6 Å². The molecule has 0 saturated heterocycles. The highest BCUT2D eigenvalue weighted by Gasteiger charge is 2.63. The third kappa shape index (κ3) is 4.44. The molecule has 9 atom stereocenters. The van der Waals surface area contributed by atoms with Crippen molar-refractivity contribution >= 4 is 40.4 Å². The zero-order valence-corrected chi connectivity index (χ0v) is 24.1. The molecular weight excluding hydrogens is 502 g/mol. The van der Waals surface area contributed by atoms with Gasteiger partial charge in [0.15, 0.2) is 0 Å². The van der Waals surface area contributed by atoms with Crippen LogP contribution in [0, 0.1) is 52.3 Å². The number of carbonyl (C=O) groups is 3. The largest absolute Gasteiger partial charge is 0.348 e. The highest BCUT2D eigenvalue weighted by Crippen LogP contribution is 2.67. The van der Waals surface area contributed by atoms with Gasteiger partial charge in [-0.15, -0.1) is 11.3 Å². The van der Waals surface area contributed by atoms with E-state index in [1.807, 2.05) is 6.07 Å². The van der Waals surface area contributed by atoms with E-state index in [1.165, 1.54) is 17.7 Å². The molecule has 0 aromatic carbocycles.